The number of anilines is 1. The highest BCUT2D eigenvalue weighted by molar-refractivity contribution is 9.10. The van der Waals surface area contributed by atoms with Crippen LogP contribution in [0, 0.1) is 0 Å². The lowest BCUT2D eigenvalue weighted by Crippen LogP contribution is -2.55. The quantitative estimate of drug-likeness (QED) is 0.803. The second-order valence-corrected chi connectivity index (χ2v) is 7.42. The number of nitrogens with zero attached hydrogens (tertiary/aromatic N) is 3. The molecule has 7 heteroatoms. The molecule has 0 saturated carbocycles. The van der Waals surface area contributed by atoms with Crippen LogP contribution in [-0.4, -0.2) is 45.2 Å². The van der Waals surface area contributed by atoms with Gasteiger partial charge in [-0.3, -0.25) is 0 Å². The Morgan fingerprint density at radius 3 is 2.29 bits per heavy atom. The number of likely N-dealkylation sites (tertiary alicyclic amines) is 1. The predicted molar refractivity (Wildman–Crippen MR) is 98.0 cm³/mol. The summed E-state index contributed by atoms with van der Waals surface area (Å²) in [5, 5.41) is 3.42. The van der Waals surface area contributed by atoms with Crippen molar-refractivity contribution >= 4 is 28.0 Å². The molecule has 2 unspecified atom stereocenters. The van der Waals surface area contributed by atoms with Gasteiger partial charge in [0.2, 0.25) is 5.95 Å². The third-order valence-electron chi connectivity index (χ3n) is 4.34. The molecule has 2 heterocycles. The van der Waals surface area contributed by atoms with Crippen molar-refractivity contribution in [3.63, 3.8) is 0 Å². The Hall–Kier alpha value is -1.37. The van der Waals surface area contributed by atoms with Gasteiger partial charge in [-0.05, 0) is 55.5 Å². The molecule has 24 heavy (non-hydrogen) atoms. The maximum absolute atomic E-state index is 12.5. The first-order chi connectivity index (χ1) is 11.4. The molecule has 1 amide bonds. The van der Waals surface area contributed by atoms with Gasteiger partial charge in [-0.15, -0.1) is 0 Å². The lowest BCUT2D eigenvalue weighted by Gasteiger charge is -2.44. The smallest absolute Gasteiger partial charge is 0.410 e. The first-order valence-corrected chi connectivity index (χ1v) is 9.46. The van der Waals surface area contributed by atoms with E-state index in [2.05, 4.69) is 45.1 Å². The molecule has 2 atom stereocenters. The monoisotopic (exact) mass is 398 g/mol. The van der Waals surface area contributed by atoms with Crippen LogP contribution in [0.25, 0.3) is 0 Å². The van der Waals surface area contributed by atoms with Crippen molar-refractivity contribution in [1.82, 2.24) is 14.9 Å². The van der Waals surface area contributed by atoms with E-state index in [9.17, 15) is 4.79 Å². The lowest BCUT2D eigenvalue weighted by molar-refractivity contribution is 0.0253. The Morgan fingerprint density at radius 1 is 1.29 bits per heavy atom. The van der Waals surface area contributed by atoms with Gasteiger partial charge in [-0.2, -0.15) is 0 Å². The maximum atomic E-state index is 12.5. The minimum atomic E-state index is -0.193. The summed E-state index contributed by atoms with van der Waals surface area (Å²) in [7, 11) is 0. The summed E-state index contributed by atoms with van der Waals surface area (Å²) < 4.78 is 6.32. The summed E-state index contributed by atoms with van der Waals surface area (Å²) in [6, 6.07) is 0.593. The van der Waals surface area contributed by atoms with Crippen LogP contribution in [0.3, 0.4) is 0 Å². The van der Waals surface area contributed by atoms with Crippen molar-refractivity contribution < 1.29 is 9.53 Å². The van der Waals surface area contributed by atoms with E-state index in [-0.39, 0.29) is 30.3 Å². The fraction of sp³-hybridized carbons (Fsp3) is 0.706. The molecule has 0 bridgehead atoms. The van der Waals surface area contributed by atoms with Crippen molar-refractivity contribution in [1.29, 1.82) is 0 Å². The Bertz CT molecular complexity index is 524. The molecule has 1 saturated heterocycles. The third kappa shape index (κ3) is 4.82. The third-order valence-corrected chi connectivity index (χ3v) is 4.75. The van der Waals surface area contributed by atoms with Crippen LogP contribution in [0.5, 0.6) is 0 Å². The Morgan fingerprint density at radius 2 is 1.83 bits per heavy atom. The van der Waals surface area contributed by atoms with Gasteiger partial charge in [0.25, 0.3) is 0 Å². The molecule has 1 aromatic rings. The minimum Gasteiger partial charge on any atom is -0.447 e. The average Bonchev–Trinajstić information content (AvgIpc) is 2.55. The molecule has 1 aromatic heterocycles. The number of hydrogen-bond donors (Lipinski definition) is 1. The van der Waals surface area contributed by atoms with Crippen LogP contribution in [0.4, 0.5) is 10.7 Å². The van der Waals surface area contributed by atoms with E-state index in [0.717, 1.165) is 30.2 Å². The number of aromatic nitrogens is 2. The Balaban J connectivity index is 2.08. The zero-order valence-corrected chi connectivity index (χ0v) is 16.4. The van der Waals surface area contributed by atoms with Crippen LogP contribution in [0.15, 0.2) is 16.9 Å². The molecule has 1 aliphatic rings. The number of carbonyl (C=O) groups is 1. The van der Waals surface area contributed by atoms with Crippen molar-refractivity contribution in [2.75, 3.05) is 5.32 Å². The molecule has 134 valence electrons. The normalized spacial score (nSPS) is 24.1. The summed E-state index contributed by atoms with van der Waals surface area (Å²) in [6.45, 7) is 8.01. The van der Waals surface area contributed by atoms with Gasteiger partial charge >= 0.3 is 6.09 Å². The second kappa shape index (κ2) is 8.65. The van der Waals surface area contributed by atoms with Crippen LogP contribution in [0.1, 0.15) is 53.4 Å². The van der Waals surface area contributed by atoms with E-state index in [4.69, 9.17) is 4.74 Å². The van der Waals surface area contributed by atoms with Crippen LogP contribution in [-0.2, 0) is 4.74 Å². The molecule has 1 aliphatic heterocycles. The lowest BCUT2D eigenvalue weighted by atomic mass is 9.89. The highest BCUT2D eigenvalue weighted by Gasteiger charge is 2.38. The molecule has 6 nitrogen and oxygen atoms in total. The topological polar surface area (TPSA) is 67.4 Å². The largest absolute Gasteiger partial charge is 0.447 e. The molecular formula is C17H27BrN4O2. The molecule has 0 aromatic carbocycles. The van der Waals surface area contributed by atoms with Gasteiger partial charge < -0.3 is 15.0 Å². The first-order valence-electron chi connectivity index (χ1n) is 8.67. The summed E-state index contributed by atoms with van der Waals surface area (Å²) in [5.41, 5.74) is 0. The number of halogens is 1. The van der Waals surface area contributed by atoms with E-state index in [1.807, 2.05) is 18.7 Å². The zero-order valence-electron chi connectivity index (χ0n) is 14.8. The number of carbonyl (C=O) groups excluding carboxylic acids is 1. The number of ether oxygens (including phenoxy) is 1. The van der Waals surface area contributed by atoms with Crippen LogP contribution < -0.4 is 5.32 Å². The highest BCUT2D eigenvalue weighted by atomic mass is 79.9. The number of hydrogen-bond acceptors (Lipinski definition) is 5. The van der Waals surface area contributed by atoms with E-state index < -0.39 is 0 Å². The fourth-order valence-corrected chi connectivity index (χ4v) is 3.46. The Kier molecular flexibility index (Phi) is 6.83. The average molecular weight is 399 g/mol. The zero-order chi connectivity index (χ0) is 17.7. The van der Waals surface area contributed by atoms with Gasteiger partial charge in [0.15, 0.2) is 0 Å². The molecule has 1 fully saturated rings. The number of piperidine rings is 1. The van der Waals surface area contributed by atoms with Gasteiger partial charge in [0, 0.05) is 30.5 Å². The Labute approximate surface area is 152 Å². The van der Waals surface area contributed by atoms with Gasteiger partial charge in [0.05, 0.1) is 10.6 Å². The highest BCUT2D eigenvalue weighted by Crippen LogP contribution is 2.29. The number of amides is 1. The van der Waals surface area contributed by atoms with Crippen LogP contribution >= 0.6 is 15.9 Å². The SMILES string of the molecule is CCC1CC(Nc2ncc(Br)cn2)CC(CC)N1C(=O)OC(C)C. The molecular weight excluding hydrogens is 372 g/mol. The molecule has 0 spiro atoms. The molecule has 0 radical (unpaired) electrons. The fourth-order valence-electron chi connectivity index (χ4n) is 3.25. The maximum Gasteiger partial charge on any atom is 0.410 e. The van der Waals surface area contributed by atoms with Gasteiger partial charge in [0.1, 0.15) is 0 Å². The molecule has 1 N–H and O–H groups in total. The van der Waals surface area contributed by atoms with Crippen molar-refractivity contribution in [3.05, 3.63) is 16.9 Å². The van der Waals surface area contributed by atoms with Crippen LogP contribution in [0.2, 0.25) is 0 Å². The summed E-state index contributed by atoms with van der Waals surface area (Å²) in [5.74, 6) is 0.631. The summed E-state index contributed by atoms with van der Waals surface area (Å²) in [4.78, 5) is 23.0. The predicted octanol–water partition coefficient (Wildman–Crippen LogP) is 4.22. The standard InChI is InChI=1S/C17H27BrN4O2/c1-5-14-7-13(21-16-19-9-12(18)10-20-16)8-15(6-2)22(14)17(23)24-11(3)4/h9-11,13-15H,5-8H2,1-4H3,(H,19,20,21). The van der Waals surface area contributed by atoms with E-state index in [1.165, 1.54) is 0 Å². The molecule has 2 rings (SSSR count). The van der Waals surface area contributed by atoms with Crippen molar-refractivity contribution in [2.45, 2.75) is 77.6 Å². The van der Waals surface area contributed by atoms with Crippen molar-refractivity contribution in [2.24, 2.45) is 0 Å². The van der Waals surface area contributed by atoms with Gasteiger partial charge in [-0.25, -0.2) is 14.8 Å². The number of rotatable bonds is 5. The number of nitrogens with one attached hydrogen (secondary N) is 1. The van der Waals surface area contributed by atoms with E-state index in [0.29, 0.717) is 5.95 Å². The second-order valence-electron chi connectivity index (χ2n) is 6.50. The van der Waals surface area contributed by atoms with E-state index >= 15 is 0 Å². The molecule has 0 aliphatic carbocycles. The first kappa shape index (κ1) is 19.0. The minimum absolute atomic E-state index is 0.0977. The van der Waals surface area contributed by atoms with E-state index in [1.54, 1.807) is 12.4 Å². The van der Waals surface area contributed by atoms with Gasteiger partial charge in [-0.1, -0.05) is 13.8 Å². The summed E-state index contributed by atoms with van der Waals surface area (Å²) >= 11 is 3.34. The van der Waals surface area contributed by atoms with Crippen molar-refractivity contribution in [3.8, 4) is 0 Å². The summed E-state index contributed by atoms with van der Waals surface area (Å²) in [6.07, 6.45) is 6.74.